The van der Waals surface area contributed by atoms with E-state index in [4.69, 9.17) is 11.6 Å². The topological polar surface area (TPSA) is 57.8 Å². The number of aromatic nitrogens is 2. The van der Waals surface area contributed by atoms with E-state index >= 15 is 0 Å². The SMILES string of the molecule is Oc1cccc(-c2nc(Cl)c3c(O)cccn23)c1. The van der Waals surface area contributed by atoms with Crippen LogP contribution in [0.1, 0.15) is 0 Å². The number of rotatable bonds is 1. The van der Waals surface area contributed by atoms with Gasteiger partial charge in [0.2, 0.25) is 0 Å². The Morgan fingerprint density at radius 2 is 1.94 bits per heavy atom. The van der Waals surface area contributed by atoms with Crippen LogP contribution in [0.25, 0.3) is 16.9 Å². The first-order valence-corrected chi connectivity index (χ1v) is 5.69. The standard InChI is InChI=1S/C13H9ClN2O2/c14-12-11-10(18)5-2-6-16(11)13(15-12)8-3-1-4-9(17)7-8/h1-7,17-18H. The molecule has 0 fully saturated rings. The Kier molecular flexibility index (Phi) is 2.38. The molecule has 90 valence electrons. The molecule has 2 N–H and O–H groups in total. The minimum atomic E-state index is 0.0707. The Morgan fingerprint density at radius 1 is 1.11 bits per heavy atom. The number of pyridine rings is 1. The predicted molar refractivity (Wildman–Crippen MR) is 69.0 cm³/mol. The number of phenolic OH excluding ortho intramolecular Hbond substituents is 1. The molecule has 0 atom stereocenters. The van der Waals surface area contributed by atoms with Crippen LogP contribution in [-0.2, 0) is 0 Å². The lowest BCUT2D eigenvalue weighted by atomic mass is 10.2. The van der Waals surface area contributed by atoms with Gasteiger partial charge in [0, 0.05) is 11.8 Å². The first kappa shape index (κ1) is 10.9. The van der Waals surface area contributed by atoms with Crippen LogP contribution in [0.3, 0.4) is 0 Å². The molecule has 4 nitrogen and oxygen atoms in total. The summed E-state index contributed by atoms with van der Waals surface area (Å²) in [6.45, 7) is 0. The second kappa shape index (κ2) is 3.92. The molecule has 0 saturated heterocycles. The third-order valence-electron chi connectivity index (χ3n) is 2.70. The van der Waals surface area contributed by atoms with Crippen LogP contribution in [0.5, 0.6) is 11.5 Å². The van der Waals surface area contributed by atoms with Crippen LogP contribution in [-0.4, -0.2) is 19.6 Å². The quantitative estimate of drug-likeness (QED) is 0.707. The molecule has 1 aromatic carbocycles. The Hall–Kier alpha value is -2.20. The number of phenols is 1. The number of fused-ring (bicyclic) bond motifs is 1. The van der Waals surface area contributed by atoms with Crippen molar-refractivity contribution in [2.75, 3.05) is 0 Å². The smallest absolute Gasteiger partial charge is 0.159 e. The first-order chi connectivity index (χ1) is 8.66. The highest BCUT2D eigenvalue weighted by Crippen LogP contribution is 2.31. The minimum Gasteiger partial charge on any atom is -0.508 e. The summed E-state index contributed by atoms with van der Waals surface area (Å²) in [6.07, 6.45) is 1.76. The Bertz CT molecular complexity index is 737. The molecule has 0 aliphatic rings. The number of benzene rings is 1. The van der Waals surface area contributed by atoms with Gasteiger partial charge in [-0.1, -0.05) is 23.7 Å². The Morgan fingerprint density at radius 3 is 2.72 bits per heavy atom. The molecule has 0 amide bonds. The summed E-state index contributed by atoms with van der Waals surface area (Å²) in [5.41, 5.74) is 1.18. The molecule has 0 unspecified atom stereocenters. The van der Waals surface area contributed by atoms with Crippen molar-refractivity contribution in [2.45, 2.75) is 0 Å². The van der Waals surface area contributed by atoms with Gasteiger partial charge in [0.05, 0.1) is 0 Å². The van der Waals surface area contributed by atoms with Crippen molar-refractivity contribution in [3.05, 3.63) is 47.7 Å². The van der Waals surface area contributed by atoms with Crippen molar-refractivity contribution in [3.8, 4) is 22.9 Å². The van der Waals surface area contributed by atoms with Crippen molar-refractivity contribution in [3.63, 3.8) is 0 Å². The Balaban J connectivity index is 2.34. The minimum absolute atomic E-state index is 0.0707. The van der Waals surface area contributed by atoms with Gasteiger partial charge in [-0.2, -0.15) is 0 Å². The highest BCUT2D eigenvalue weighted by molar-refractivity contribution is 6.33. The molecular weight excluding hydrogens is 252 g/mol. The van der Waals surface area contributed by atoms with Crippen LogP contribution in [0.15, 0.2) is 42.6 Å². The fraction of sp³-hybridized carbons (Fsp3) is 0. The largest absolute Gasteiger partial charge is 0.508 e. The van der Waals surface area contributed by atoms with Gasteiger partial charge in [0.25, 0.3) is 0 Å². The fourth-order valence-electron chi connectivity index (χ4n) is 1.93. The summed E-state index contributed by atoms with van der Waals surface area (Å²) in [6, 6.07) is 9.96. The average molecular weight is 261 g/mol. The summed E-state index contributed by atoms with van der Waals surface area (Å²) in [4.78, 5) is 4.22. The zero-order valence-electron chi connectivity index (χ0n) is 9.21. The third kappa shape index (κ3) is 1.58. The maximum atomic E-state index is 9.77. The number of nitrogens with zero attached hydrogens (tertiary/aromatic N) is 2. The molecule has 0 saturated carbocycles. The van der Waals surface area contributed by atoms with Gasteiger partial charge in [0.15, 0.2) is 5.15 Å². The normalized spacial score (nSPS) is 10.9. The van der Waals surface area contributed by atoms with Gasteiger partial charge >= 0.3 is 0 Å². The number of hydrogen-bond donors (Lipinski definition) is 2. The summed E-state index contributed by atoms with van der Waals surface area (Å²) >= 11 is 6.02. The van der Waals surface area contributed by atoms with Crippen molar-refractivity contribution in [1.29, 1.82) is 0 Å². The molecule has 3 aromatic rings. The van der Waals surface area contributed by atoms with Crippen molar-refractivity contribution in [1.82, 2.24) is 9.38 Å². The molecule has 0 aliphatic carbocycles. The average Bonchev–Trinajstić information content (AvgIpc) is 2.68. The monoisotopic (exact) mass is 260 g/mol. The van der Waals surface area contributed by atoms with Gasteiger partial charge in [-0.3, -0.25) is 4.40 Å². The summed E-state index contributed by atoms with van der Waals surface area (Å²) in [7, 11) is 0. The number of hydrogen-bond acceptors (Lipinski definition) is 3. The maximum absolute atomic E-state index is 9.77. The van der Waals surface area contributed by atoms with E-state index in [1.807, 2.05) is 6.07 Å². The fourth-order valence-corrected chi connectivity index (χ4v) is 2.20. The summed E-state index contributed by atoms with van der Waals surface area (Å²) in [5, 5.41) is 19.5. The lowest BCUT2D eigenvalue weighted by Gasteiger charge is -2.02. The highest BCUT2D eigenvalue weighted by atomic mass is 35.5. The van der Waals surface area contributed by atoms with Crippen LogP contribution < -0.4 is 0 Å². The van der Waals surface area contributed by atoms with Crippen molar-refractivity contribution >= 4 is 17.1 Å². The van der Waals surface area contributed by atoms with Crippen LogP contribution in [0.2, 0.25) is 5.15 Å². The highest BCUT2D eigenvalue weighted by Gasteiger charge is 2.14. The molecule has 0 bridgehead atoms. The Labute approximate surface area is 108 Å². The van der Waals surface area contributed by atoms with E-state index in [1.165, 1.54) is 0 Å². The molecule has 0 spiro atoms. The van der Waals surface area contributed by atoms with E-state index < -0.39 is 0 Å². The van der Waals surface area contributed by atoms with Crippen LogP contribution in [0.4, 0.5) is 0 Å². The molecule has 18 heavy (non-hydrogen) atoms. The van der Waals surface area contributed by atoms with Gasteiger partial charge in [-0.15, -0.1) is 0 Å². The van der Waals surface area contributed by atoms with E-state index in [1.54, 1.807) is 40.9 Å². The number of halogens is 1. The molecule has 2 aromatic heterocycles. The van der Waals surface area contributed by atoms with Gasteiger partial charge in [0.1, 0.15) is 22.8 Å². The third-order valence-corrected chi connectivity index (χ3v) is 2.97. The predicted octanol–water partition coefficient (Wildman–Crippen LogP) is 3.07. The molecular formula is C13H9ClN2O2. The molecule has 3 rings (SSSR count). The molecule has 5 heteroatoms. The van der Waals surface area contributed by atoms with Gasteiger partial charge in [-0.05, 0) is 24.3 Å². The molecule has 2 heterocycles. The van der Waals surface area contributed by atoms with Crippen LogP contribution in [0, 0.1) is 0 Å². The van der Waals surface area contributed by atoms with E-state index in [0.717, 1.165) is 5.56 Å². The van der Waals surface area contributed by atoms with E-state index in [2.05, 4.69) is 4.98 Å². The number of aromatic hydroxyl groups is 2. The van der Waals surface area contributed by atoms with Crippen molar-refractivity contribution in [2.24, 2.45) is 0 Å². The molecule has 0 aliphatic heterocycles. The summed E-state index contributed by atoms with van der Waals surface area (Å²) < 4.78 is 1.69. The second-order valence-corrected chi connectivity index (χ2v) is 4.25. The summed E-state index contributed by atoms with van der Waals surface area (Å²) in [5.74, 6) is 0.795. The zero-order valence-corrected chi connectivity index (χ0v) is 9.96. The lowest BCUT2D eigenvalue weighted by Crippen LogP contribution is -1.88. The van der Waals surface area contributed by atoms with Crippen LogP contribution >= 0.6 is 11.6 Å². The zero-order chi connectivity index (χ0) is 12.7. The molecule has 0 radical (unpaired) electrons. The first-order valence-electron chi connectivity index (χ1n) is 5.32. The van der Waals surface area contributed by atoms with Crippen molar-refractivity contribution < 1.29 is 10.2 Å². The van der Waals surface area contributed by atoms with Gasteiger partial charge < -0.3 is 10.2 Å². The number of imidazole rings is 1. The van der Waals surface area contributed by atoms with E-state index in [-0.39, 0.29) is 16.7 Å². The lowest BCUT2D eigenvalue weighted by molar-refractivity contribution is 0.475. The maximum Gasteiger partial charge on any atom is 0.159 e. The van der Waals surface area contributed by atoms with Gasteiger partial charge in [-0.25, -0.2) is 4.98 Å². The van der Waals surface area contributed by atoms with E-state index in [9.17, 15) is 10.2 Å². The second-order valence-electron chi connectivity index (χ2n) is 3.89. The van der Waals surface area contributed by atoms with E-state index in [0.29, 0.717) is 11.3 Å².